The molecule has 1 aliphatic rings. The molecule has 0 radical (unpaired) electrons. The number of carbonyl (C=O) groups excluding carboxylic acids is 3. The summed E-state index contributed by atoms with van der Waals surface area (Å²) in [6.07, 6.45) is 0.250. The fourth-order valence-corrected chi connectivity index (χ4v) is 4.47. The lowest BCUT2D eigenvalue weighted by atomic mass is 10.1. The van der Waals surface area contributed by atoms with Crippen molar-refractivity contribution in [3.05, 3.63) is 95.6 Å². The molecule has 1 atom stereocenters. The van der Waals surface area contributed by atoms with Crippen LogP contribution in [0.4, 0.5) is 5.69 Å². The highest BCUT2D eigenvalue weighted by atomic mass is 16.3. The number of hydrogen-bond donors (Lipinski definition) is 3. The van der Waals surface area contributed by atoms with Crippen LogP contribution in [-0.2, 0) is 27.5 Å². The quantitative estimate of drug-likeness (QED) is 0.377. The molecule has 1 fully saturated rings. The van der Waals surface area contributed by atoms with Gasteiger partial charge in [0.15, 0.2) is 0 Å². The van der Waals surface area contributed by atoms with Gasteiger partial charge in [0.05, 0.1) is 13.1 Å². The maximum Gasteiger partial charge on any atom is 0.238 e. The van der Waals surface area contributed by atoms with Crippen LogP contribution in [0.15, 0.2) is 78.9 Å². The molecule has 0 spiro atoms. The molecular weight excluding hydrogens is 544 g/mol. The van der Waals surface area contributed by atoms with Crippen molar-refractivity contribution in [2.75, 3.05) is 45.2 Å². The number of phenols is 1. The van der Waals surface area contributed by atoms with Crippen LogP contribution in [0.25, 0.3) is 0 Å². The minimum absolute atomic E-state index is 0.0272. The third-order valence-corrected chi connectivity index (χ3v) is 6.88. The predicted molar refractivity (Wildman–Crippen MR) is 171 cm³/mol. The molecule has 232 valence electrons. The Morgan fingerprint density at radius 3 is 2.14 bits per heavy atom. The normalized spacial score (nSPS) is 16.1. The number of nitrogens with zero attached hydrogens (tertiary/aromatic N) is 4. The van der Waals surface area contributed by atoms with E-state index in [4.69, 9.17) is 9.90 Å². The van der Waals surface area contributed by atoms with Crippen LogP contribution in [0.2, 0.25) is 0 Å². The van der Waals surface area contributed by atoms with Crippen molar-refractivity contribution in [2.45, 2.75) is 39.9 Å². The summed E-state index contributed by atoms with van der Waals surface area (Å²) in [6.45, 7) is 8.63. The van der Waals surface area contributed by atoms with Gasteiger partial charge in [-0.2, -0.15) is 0 Å². The van der Waals surface area contributed by atoms with E-state index in [1.807, 2.05) is 104 Å². The standard InChI is InChI=1S/C25H35N5O2.C7H8O.CH3NO/c1-5-28-18-24(31)26-15-20(2)30(17-22-12-9-13-23(14-22)27(3)4)25(32)19-29(28)16-21-10-7-6-8-11-21;1-6-2-4-7(8)5-3-6;2-1-3/h6-14,20H,5,15-19H2,1-4H3,(H,26,31);2-5,8H,1H3;1H,(H2,2,3). The summed E-state index contributed by atoms with van der Waals surface area (Å²) < 4.78 is 0. The van der Waals surface area contributed by atoms with Gasteiger partial charge >= 0.3 is 0 Å². The number of nitrogens with one attached hydrogen (secondary N) is 1. The molecule has 1 unspecified atom stereocenters. The number of hydrazine groups is 1. The molecule has 0 aromatic heterocycles. The topological polar surface area (TPSA) is 122 Å². The molecule has 3 aromatic rings. The van der Waals surface area contributed by atoms with Gasteiger partial charge in [-0.15, -0.1) is 0 Å². The van der Waals surface area contributed by atoms with E-state index in [1.165, 1.54) is 5.56 Å². The second-order valence-corrected chi connectivity index (χ2v) is 10.5. The van der Waals surface area contributed by atoms with Crippen molar-refractivity contribution in [3.8, 4) is 5.75 Å². The van der Waals surface area contributed by atoms with E-state index in [-0.39, 0.29) is 37.4 Å². The summed E-state index contributed by atoms with van der Waals surface area (Å²) in [5, 5.41) is 15.7. The first-order valence-corrected chi connectivity index (χ1v) is 14.3. The highest BCUT2D eigenvalue weighted by Crippen LogP contribution is 2.18. The molecule has 3 amide bonds. The molecule has 1 saturated heterocycles. The average molecular weight is 591 g/mol. The number of carbonyl (C=O) groups is 3. The fraction of sp³-hybridized carbons (Fsp3) is 0.364. The molecule has 4 N–H and O–H groups in total. The summed E-state index contributed by atoms with van der Waals surface area (Å²) >= 11 is 0. The predicted octanol–water partition coefficient (Wildman–Crippen LogP) is 3.14. The molecule has 0 bridgehead atoms. The molecule has 0 saturated carbocycles. The van der Waals surface area contributed by atoms with Crippen LogP contribution >= 0.6 is 0 Å². The van der Waals surface area contributed by atoms with Gasteiger partial charge in [-0.3, -0.25) is 14.4 Å². The maximum atomic E-state index is 13.5. The number of aryl methyl sites for hydroxylation is 1. The Hall–Kier alpha value is -4.41. The second kappa shape index (κ2) is 18.2. The molecule has 10 heteroatoms. The third kappa shape index (κ3) is 12.2. The lowest BCUT2D eigenvalue weighted by molar-refractivity contribution is -0.146. The Bertz CT molecular complexity index is 1250. The lowest BCUT2D eigenvalue weighted by Gasteiger charge is -2.38. The van der Waals surface area contributed by atoms with Crippen LogP contribution in [-0.4, -0.2) is 84.6 Å². The monoisotopic (exact) mass is 590 g/mol. The Labute approximate surface area is 255 Å². The van der Waals surface area contributed by atoms with E-state index in [9.17, 15) is 9.59 Å². The number of rotatable bonds is 6. The van der Waals surface area contributed by atoms with E-state index >= 15 is 0 Å². The number of amides is 3. The van der Waals surface area contributed by atoms with E-state index in [2.05, 4.69) is 28.1 Å². The van der Waals surface area contributed by atoms with Crippen molar-refractivity contribution in [3.63, 3.8) is 0 Å². The molecule has 10 nitrogen and oxygen atoms in total. The van der Waals surface area contributed by atoms with Crippen molar-refractivity contribution in [1.29, 1.82) is 0 Å². The van der Waals surface area contributed by atoms with Crippen LogP contribution in [0, 0.1) is 6.92 Å². The molecule has 4 rings (SSSR count). The van der Waals surface area contributed by atoms with Gasteiger partial charge in [-0.1, -0.05) is 67.1 Å². The van der Waals surface area contributed by atoms with Crippen molar-refractivity contribution in [1.82, 2.24) is 20.2 Å². The maximum absolute atomic E-state index is 13.5. The van der Waals surface area contributed by atoms with Crippen LogP contribution < -0.4 is 16.0 Å². The first-order chi connectivity index (χ1) is 20.6. The fourth-order valence-electron chi connectivity index (χ4n) is 4.47. The number of hydrogen-bond acceptors (Lipinski definition) is 7. The summed E-state index contributed by atoms with van der Waals surface area (Å²) in [5.74, 6) is 0.356. The van der Waals surface area contributed by atoms with Gasteiger partial charge in [0.2, 0.25) is 18.2 Å². The number of nitrogens with two attached hydrogens (primary N) is 1. The highest BCUT2D eigenvalue weighted by molar-refractivity contribution is 5.80. The first-order valence-electron chi connectivity index (χ1n) is 14.3. The molecule has 0 aliphatic carbocycles. The Morgan fingerprint density at radius 2 is 1.56 bits per heavy atom. The second-order valence-electron chi connectivity index (χ2n) is 10.5. The molecule has 1 aliphatic heterocycles. The summed E-state index contributed by atoms with van der Waals surface area (Å²) in [5.41, 5.74) is 8.61. The Balaban J connectivity index is 0.000000494. The number of primary amides is 1. The van der Waals surface area contributed by atoms with Gasteiger partial charge in [-0.25, -0.2) is 10.0 Å². The van der Waals surface area contributed by atoms with E-state index in [0.29, 0.717) is 31.9 Å². The van der Waals surface area contributed by atoms with Gasteiger partial charge in [-0.05, 0) is 49.2 Å². The number of aromatic hydroxyl groups is 1. The Morgan fingerprint density at radius 1 is 0.930 bits per heavy atom. The largest absolute Gasteiger partial charge is 0.508 e. The minimum atomic E-state index is -0.110. The van der Waals surface area contributed by atoms with Crippen molar-refractivity contribution in [2.24, 2.45) is 5.73 Å². The highest BCUT2D eigenvalue weighted by Gasteiger charge is 2.28. The van der Waals surface area contributed by atoms with E-state index in [0.717, 1.165) is 16.8 Å². The molecule has 43 heavy (non-hydrogen) atoms. The van der Waals surface area contributed by atoms with Crippen LogP contribution in [0.5, 0.6) is 5.75 Å². The van der Waals surface area contributed by atoms with Crippen molar-refractivity contribution >= 4 is 23.9 Å². The minimum Gasteiger partial charge on any atom is -0.508 e. The number of phenolic OH excluding ortho intramolecular Hbond substituents is 1. The number of anilines is 1. The lowest BCUT2D eigenvalue weighted by Crippen LogP contribution is -2.56. The molecule has 3 aromatic carbocycles. The van der Waals surface area contributed by atoms with Crippen LogP contribution in [0.3, 0.4) is 0 Å². The van der Waals surface area contributed by atoms with Gasteiger partial charge in [0.1, 0.15) is 5.75 Å². The molecular formula is C33H46N6O4. The van der Waals surface area contributed by atoms with Gasteiger partial charge in [0.25, 0.3) is 0 Å². The zero-order valence-electron chi connectivity index (χ0n) is 25.9. The average Bonchev–Trinajstić information content (AvgIpc) is 2.99. The summed E-state index contributed by atoms with van der Waals surface area (Å²) in [7, 11) is 4.01. The number of benzene rings is 3. The van der Waals surface area contributed by atoms with E-state index in [1.54, 1.807) is 12.1 Å². The van der Waals surface area contributed by atoms with Crippen LogP contribution in [0.1, 0.15) is 30.5 Å². The summed E-state index contributed by atoms with van der Waals surface area (Å²) in [4.78, 5) is 38.7. The van der Waals surface area contributed by atoms with Gasteiger partial charge < -0.3 is 26.0 Å². The zero-order valence-corrected chi connectivity index (χ0v) is 25.9. The molecule has 1 heterocycles. The summed E-state index contributed by atoms with van der Waals surface area (Å²) in [6, 6.07) is 25.3. The first kappa shape index (κ1) is 34.8. The van der Waals surface area contributed by atoms with Crippen molar-refractivity contribution < 1.29 is 19.5 Å². The SMILES string of the molecule is CCN1CC(=O)NCC(C)N(Cc2cccc(N(C)C)c2)C(=O)CN1Cc1ccccc1.Cc1ccc(O)cc1.NC=O. The zero-order chi connectivity index (χ0) is 31.8. The van der Waals surface area contributed by atoms with E-state index < -0.39 is 0 Å². The number of likely N-dealkylation sites (N-methyl/N-ethyl adjacent to an activating group) is 1. The van der Waals surface area contributed by atoms with Gasteiger partial charge in [0, 0.05) is 52.0 Å². The Kier molecular flexibility index (Phi) is 14.7. The third-order valence-electron chi connectivity index (χ3n) is 6.88. The smallest absolute Gasteiger partial charge is 0.238 e.